The molecule has 0 saturated heterocycles. The third-order valence-electron chi connectivity index (χ3n) is 5.27. The number of fused-ring (bicyclic) bond motifs is 1. The first kappa shape index (κ1) is 20.3. The van der Waals surface area contributed by atoms with Crippen molar-refractivity contribution in [2.75, 3.05) is 5.32 Å². The van der Waals surface area contributed by atoms with Crippen molar-refractivity contribution < 1.29 is 24.1 Å². The van der Waals surface area contributed by atoms with E-state index in [1.807, 2.05) is 42.5 Å². The fourth-order valence-electron chi connectivity index (χ4n) is 3.61. The minimum absolute atomic E-state index is 0.0970. The molecule has 1 aromatic heterocycles. The third-order valence-corrected chi connectivity index (χ3v) is 5.27. The Labute approximate surface area is 180 Å². The SMILES string of the molecule is CC(C)c1ccc(NC(=O)C[n+]2c(O)[n+](-c3ccccc3)c(O)c3ccccc32)cc1. The number of benzene rings is 3. The molecular weight excluding hydrogens is 390 g/mol. The van der Waals surface area contributed by atoms with Crippen LogP contribution in [0, 0.1) is 0 Å². The summed E-state index contributed by atoms with van der Waals surface area (Å²) in [6.45, 7) is 4.11. The Morgan fingerprint density at radius 3 is 2.23 bits per heavy atom. The van der Waals surface area contributed by atoms with Gasteiger partial charge in [-0.05, 0) is 34.2 Å². The number of nitrogens with zero attached hydrogens (tertiary/aromatic N) is 2. The van der Waals surface area contributed by atoms with Crippen LogP contribution in [0.5, 0.6) is 11.9 Å². The lowest BCUT2D eigenvalue weighted by Gasteiger charge is -2.08. The van der Waals surface area contributed by atoms with Crippen molar-refractivity contribution in [1.82, 2.24) is 0 Å². The molecule has 4 rings (SSSR count). The molecule has 4 aromatic rings. The second-order valence-electron chi connectivity index (χ2n) is 7.72. The van der Waals surface area contributed by atoms with Crippen LogP contribution in [0.4, 0.5) is 5.69 Å². The van der Waals surface area contributed by atoms with Crippen LogP contribution in [0.15, 0.2) is 78.9 Å². The van der Waals surface area contributed by atoms with Gasteiger partial charge in [-0.1, -0.05) is 60.9 Å². The van der Waals surface area contributed by atoms with Crippen molar-refractivity contribution in [3.05, 3.63) is 84.4 Å². The first-order chi connectivity index (χ1) is 15.0. The number of aromatic nitrogens is 2. The molecule has 0 aliphatic carbocycles. The van der Waals surface area contributed by atoms with Crippen molar-refractivity contribution >= 4 is 22.5 Å². The minimum Gasteiger partial charge on any atom is -0.459 e. The summed E-state index contributed by atoms with van der Waals surface area (Å²) in [5.41, 5.74) is 3.02. The Hall–Kier alpha value is -3.93. The summed E-state index contributed by atoms with van der Waals surface area (Å²) in [5.74, 6) is 0.0299. The first-order valence-electron chi connectivity index (χ1n) is 10.2. The predicted molar refractivity (Wildman–Crippen MR) is 118 cm³/mol. The molecule has 0 radical (unpaired) electrons. The van der Waals surface area contributed by atoms with Crippen LogP contribution in [0.25, 0.3) is 16.6 Å². The average molecular weight is 415 g/mol. The minimum atomic E-state index is -0.284. The van der Waals surface area contributed by atoms with Crippen LogP contribution >= 0.6 is 0 Å². The van der Waals surface area contributed by atoms with Crippen LogP contribution in [-0.4, -0.2) is 16.1 Å². The summed E-state index contributed by atoms with van der Waals surface area (Å²) in [7, 11) is 0. The molecule has 1 heterocycles. The molecule has 0 aliphatic rings. The lowest BCUT2D eigenvalue weighted by Crippen LogP contribution is -2.49. The molecule has 3 N–H and O–H groups in total. The molecule has 0 bridgehead atoms. The van der Waals surface area contributed by atoms with Crippen molar-refractivity contribution in [3.63, 3.8) is 0 Å². The van der Waals surface area contributed by atoms with E-state index in [0.717, 1.165) is 0 Å². The summed E-state index contributed by atoms with van der Waals surface area (Å²) in [5, 5.41) is 25.3. The second-order valence-corrected chi connectivity index (χ2v) is 7.72. The van der Waals surface area contributed by atoms with Gasteiger partial charge in [0.15, 0.2) is 5.39 Å². The van der Waals surface area contributed by atoms with Crippen LogP contribution in [-0.2, 0) is 11.3 Å². The maximum Gasteiger partial charge on any atom is 0.638 e. The predicted octanol–water partition coefficient (Wildman–Crippen LogP) is 3.58. The van der Waals surface area contributed by atoms with Gasteiger partial charge in [0.05, 0.1) is 0 Å². The van der Waals surface area contributed by atoms with E-state index in [0.29, 0.717) is 28.2 Å². The second kappa shape index (κ2) is 8.44. The van der Waals surface area contributed by atoms with Crippen molar-refractivity contribution in [3.8, 4) is 17.6 Å². The van der Waals surface area contributed by atoms with Gasteiger partial charge in [-0.3, -0.25) is 4.79 Å². The first-order valence-corrected chi connectivity index (χ1v) is 10.2. The zero-order valence-electron chi connectivity index (χ0n) is 17.5. The molecule has 0 spiro atoms. The number of amides is 1. The highest BCUT2D eigenvalue weighted by molar-refractivity contribution is 5.90. The van der Waals surface area contributed by atoms with Gasteiger partial charge in [0.1, 0.15) is 0 Å². The van der Waals surface area contributed by atoms with Crippen LogP contribution in [0.2, 0.25) is 0 Å². The van der Waals surface area contributed by atoms with Gasteiger partial charge in [-0.2, -0.15) is 0 Å². The summed E-state index contributed by atoms with van der Waals surface area (Å²) >= 11 is 0. The monoisotopic (exact) mass is 415 g/mol. The van der Waals surface area contributed by atoms with E-state index in [4.69, 9.17) is 0 Å². The maximum atomic E-state index is 12.8. The molecule has 6 heteroatoms. The van der Waals surface area contributed by atoms with E-state index < -0.39 is 0 Å². The van der Waals surface area contributed by atoms with E-state index >= 15 is 0 Å². The standard InChI is InChI=1S/C25H23N3O3/c1-17(2)18-12-14-19(15-13-18)26-23(29)16-27-22-11-7-6-10-21(22)24(30)28(25(27)31)20-8-4-3-5-9-20/h3-15,17H,16H2,1-2H3,(H,26,29)/p+2. The molecule has 0 saturated carbocycles. The van der Waals surface area contributed by atoms with Gasteiger partial charge in [0, 0.05) is 23.9 Å². The largest absolute Gasteiger partial charge is 0.638 e. The quantitative estimate of drug-likeness (QED) is 0.436. The van der Waals surface area contributed by atoms with E-state index in [-0.39, 0.29) is 24.3 Å². The van der Waals surface area contributed by atoms with Crippen molar-refractivity contribution in [2.24, 2.45) is 0 Å². The van der Waals surface area contributed by atoms with Gasteiger partial charge >= 0.3 is 11.9 Å². The van der Waals surface area contributed by atoms with Crippen LogP contribution < -0.4 is 14.5 Å². The smallest absolute Gasteiger partial charge is 0.459 e. The molecule has 0 fully saturated rings. The fraction of sp³-hybridized carbons (Fsp3) is 0.160. The Morgan fingerprint density at radius 1 is 0.903 bits per heavy atom. The zero-order chi connectivity index (χ0) is 22.0. The number of para-hydroxylation sites is 2. The highest BCUT2D eigenvalue weighted by Crippen LogP contribution is 2.22. The Morgan fingerprint density at radius 2 is 1.55 bits per heavy atom. The average Bonchev–Trinajstić information content (AvgIpc) is 2.78. The molecule has 0 unspecified atom stereocenters. The van der Waals surface area contributed by atoms with Gasteiger partial charge < -0.3 is 15.5 Å². The summed E-state index contributed by atoms with van der Waals surface area (Å²) in [6, 6.07) is 23.6. The Kier molecular flexibility index (Phi) is 5.54. The molecular formula is C25H25N3O3+2. The molecule has 0 atom stereocenters. The Balaban J connectivity index is 1.72. The van der Waals surface area contributed by atoms with Gasteiger partial charge in [0.2, 0.25) is 17.7 Å². The van der Waals surface area contributed by atoms with Crippen LogP contribution in [0.1, 0.15) is 25.3 Å². The highest BCUT2D eigenvalue weighted by Gasteiger charge is 2.36. The van der Waals surface area contributed by atoms with Crippen molar-refractivity contribution in [2.45, 2.75) is 26.3 Å². The summed E-state index contributed by atoms with van der Waals surface area (Å²) < 4.78 is 2.81. The van der Waals surface area contributed by atoms with E-state index in [1.165, 1.54) is 14.7 Å². The van der Waals surface area contributed by atoms with Gasteiger partial charge in [-0.15, -0.1) is 0 Å². The lowest BCUT2D eigenvalue weighted by atomic mass is 10.0. The fourth-order valence-corrected chi connectivity index (χ4v) is 3.61. The van der Waals surface area contributed by atoms with E-state index in [9.17, 15) is 15.0 Å². The molecule has 1 amide bonds. The molecule has 156 valence electrons. The Bertz CT molecular complexity index is 1240. The van der Waals surface area contributed by atoms with E-state index in [2.05, 4.69) is 19.2 Å². The summed E-state index contributed by atoms with van der Waals surface area (Å²) in [4.78, 5) is 12.8. The van der Waals surface area contributed by atoms with Crippen LogP contribution in [0.3, 0.4) is 0 Å². The van der Waals surface area contributed by atoms with E-state index in [1.54, 1.807) is 36.4 Å². The summed E-state index contributed by atoms with van der Waals surface area (Å²) in [6.07, 6.45) is 0. The number of aromatic hydroxyl groups is 2. The number of anilines is 1. The third kappa shape index (κ3) is 4.05. The number of hydrogen-bond acceptors (Lipinski definition) is 3. The molecule has 6 nitrogen and oxygen atoms in total. The van der Waals surface area contributed by atoms with Gasteiger partial charge in [-0.25, -0.2) is 0 Å². The number of carbonyl (C=O) groups is 1. The topological polar surface area (TPSA) is 77.3 Å². The lowest BCUT2D eigenvalue weighted by molar-refractivity contribution is -0.774. The van der Waals surface area contributed by atoms with Crippen molar-refractivity contribution in [1.29, 1.82) is 0 Å². The molecule has 3 aromatic carbocycles. The molecule has 0 aliphatic heterocycles. The number of nitrogens with one attached hydrogen (secondary N) is 1. The number of carbonyl (C=O) groups excluding carboxylic acids is 1. The zero-order valence-corrected chi connectivity index (χ0v) is 17.5. The normalized spacial score (nSPS) is 11.1. The molecule has 31 heavy (non-hydrogen) atoms. The number of rotatable bonds is 5. The maximum absolute atomic E-state index is 12.8. The number of hydrogen-bond donors (Lipinski definition) is 3. The van der Waals surface area contributed by atoms with Gasteiger partial charge in [0.25, 0.3) is 5.91 Å². The highest BCUT2D eigenvalue weighted by atomic mass is 16.3.